The number of alkyl halides is 3. The van der Waals surface area contributed by atoms with Crippen molar-refractivity contribution in [2.45, 2.75) is 19.1 Å². The van der Waals surface area contributed by atoms with Gasteiger partial charge in [0.25, 0.3) is 0 Å². The Morgan fingerprint density at radius 1 is 1.11 bits per heavy atom. The average Bonchev–Trinajstić information content (AvgIpc) is 3.15. The van der Waals surface area contributed by atoms with Crippen LogP contribution in [0, 0.1) is 0 Å². The monoisotopic (exact) mass is 570 g/mol. The molecular weight excluding hydrogens is 549 g/mol. The number of anilines is 1. The lowest BCUT2D eigenvalue weighted by Crippen LogP contribution is -2.49. The van der Waals surface area contributed by atoms with Gasteiger partial charge in [0.2, 0.25) is 5.91 Å². The minimum absolute atomic E-state index is 0.134. The third kappa shape index (κ3) is 5.75. The van der Waals surface area contributed by atoms with Crippen LogP contribution in [0.1, 0.15) is 17.0 Å². The number of aromatic nitrogens is 2. The molecule has 0 N–H and O–H groups in total. The molecule has 186 valence electrons. The van der Waals surface area contributed by atoms with Crippen LogP contribution < -0.4 is 9.64 Å². The van der Waals surface area contributed by atoms with Crippen molar-refractivity contribution < 1.29 is 22.7 Å². The summed E-state index contributed by atoms with van der Waals surface area (Å²) in [6, 6.07) is 14.8. The first-order valence-electron chi connectivity index (χ1n) is 10.9. The molecule has 0 aliphatic carbocycles. The number of benzene rings is 2. The van der Waals surface area contributed by atoms with Crippen molar-refractivity contribution in [3.63, 3.8) is 0 Å². The highest BCUT2D eigenvalue weighted by atomic mass is 79.9. The molecule has 3 aromatic rings. The molecule has 2 heterocycles. The maximum absolute atomic E-state index is 13.5. The highest BCUT2D eigenvalue weighted by molar-refractivity contribution is 9.10. The van der Waals surface area contributed by atoms with Crippen LogP contribution in [0.15, 0.2) is 53.0 Å². The van der Waals surface area contributed by atoms with Crippen molar-refractivity contribution in [2.24, 2.45) is 0 Å². The fourth-order valence-electron chi connectivity index (χ4n) is 4.03. The molecule has 1 aromatic heterocycles. The summed E-state index contributed by atoms with van der Waals surface area (Å²) in [5.74, 6) is 0.406. The van der Waals surface area contributed by atoms with E-state index in [0.29, 0.717) is 31.9 Å². The molecule has 0 unspecified atom stereocenters. The zero-order valence-corrected chi connectivity index (χ0v) is 21.2. The van der Waals surface area contributed by atoms with Crippen molar-refractivity contribution in [1.29, 1.82) is 0 Å². The highest BCUT2D eigenvalue weighted by Crippen LogP contribution is 2.36. The molecule has 0 atom stereocenters. The quantitative estimate of drug-likeness (QED) is 0.405. The van der Waals surface area contributed by atoms with Crippen LogP contribution in [-0.4, -0.2) is 53.9 Å². The summed E-state index contributed by atoms with van der Waals surface area (Å²) in [7, 11) is 1.60. The van der Waals surface area contributed by atoms with E-state index in [1.807, 2.05) is 24.3 Å². The second kappa shape index (κ2) is 10.5. The number of hydrogen-bond donors (Lipinski definition) is 0. The van der Waals surface area contributed by atoms with Gasteiger partial charge in [0.05, 0.1) is 22.3 Å². The van der Waals surface area contributed by atoms with Crippen molar-refractivity contribution >= 4 is 39.1 Å². The fourth-order valence-corrected chi connectivity index (χ4v) is 4.75. The average molecular weight is 572 g/mol. The van der Waals surface area contributed by atoms with Gasteiger partial charge in [-0.2, -0.15) is 18.3 Å². The second-order valence-electron chi connectivity index (χ2n) is 8.11. The van der Waals surface area contributed by atoms with Crippen molar-refractivity contribution in [3.05, 3.63) is 75.0 Å². The molecule has 11 heteroatoms. The van der Waals surface area contributed by atoms with Crippen LogP contribution in [-0.2, 0) is 23.9 Å². The number of hydrogen-bond acceptors (Lipinski definition) is 4. The fraction of sp³-hybridized carbons (Fsp3) is 0.333. The first-order valence-corrected chi connectivity index (χ1v) is 12.1. The van der Waals surface area contributed by atoms with Crippen molar-refractivity contribution in [1.82, 2.24) is 14.7 Å². The molecule has 1 aliphatic heterocycles. The third-order valence-corrected chi connectivity index (χ3v) is 6.95. The van der Waals surface area contributed by atoms with Crippen LogP contribution in [0.3, 0.4) is 0 Å². The van der Waals surface area contributed by atoms with E-state index >= 15 is 0 Å². The second-order valence-corrected chi connectivity index (χ2v) is 9.35. The lowest BCUT2D eigenvalue weighted by Gasteiger charge is -2.36. The first kappa shape index (κ1) is 25.4. The van der Waals surface area contributed by atoms with Gasteiger partial charge in [-0.25, -0.2) is 0 Å². The molecule has 6 nitrogen and oxygen atoms in total. The summed E-state index contributed by atoms with van der Waals surface area (Å²) in [4.78, 5) is 16.8. The Hall–Kier alpha value is -2.72. The zero-order valence-electron chi connectivity index (χ0n) is 18.9. The van der Waals surface area contributed by atoms with Crippen LogP contribution in [0.25, 0.3) is 0 Å². The van der Waals surface area contributed by atoms with Gasteiger partial charge in [-0.3, -0.25) is 9.48 Å². The predicted octanol–water partition coefficient (Wildman–Crippen LogP) is 5.27. The number of carbonyl (C=O) groups excluding carboxylic acids is 1. The molecule has 35 heavy (non-hydrogen) atoms. The number of rotatable bonds is 6. The summed E-state index contributed by atoms with van der Waals surface area (Å²) in [6.07, 6.45) is -4.58. The van der Waals surface area contributed by atoms with Crippen molar-refractivity contribution in [3.8, 4) is 5.75 Å². The van der Waals surface area contributed by atoms with Crippen LogP contribution in [0.5, 0.6) is 5.75 Å². The highest BCUT2D eigenvalue weighted by Gasteiger charge is 2.39. The molecule has 4 rings (SSSR count). The van der Waals surface area contributed by atoms with E-state index in [2.05, 4.69) is 25.9 Å². The first-order chi connectivity index (χ1) is 16.7. The van der Waals surface area contributed by atoms with Gasteiger partial charge in [0.15, 0.2) is 5.69 Å². The lowest BCUT2D eigenvalue weighted by atomic mass is 10.1. The molecule has 0 radical (unpaired) electrons. The molecule has 1 saturated heterocycles. The van der Waals surface area contributed by atoms with E-state index in [0.717, 1.165) is 20.4 Å². The minimum atomic E-state index is -4.71. The largest absolute Gasteiger partial charge is 0.495 e. The Morgan fingerprint density at radius 3 is 2.43 bits per heavy atom. The van der Waals surface area contributed by atoms with Gasteiger partial charge in [-0.15, -0.1) is 0 Å². The van der Waals surface area contributed by atoms with Crippen LogP contribution >= 0.6 is 27.5 Å². The lowest BCUT2D eigenvalue weighted by molar-refractivity contribution is -0.142. The molecule has 0 saturated carbocycles. The maximum Gasteiger partial charge on any atom is 0.436 e. The van der Waals surface area contributed by atoms with Crippen LogP contribution in [0.4, 0.5) is 18.9 Å². The van der Waals surface area contributed by atoms with Gasteiger partial charge < -0.3 is 14.5 Å². The molecule has 1 fully saturated rings. The third-order valence-electron chi connectivity index (χ3n) is 5.89. The number of carbonyl (C=O) groups is 1. The number of halogens is 5. The Morgan fingerprint density at radius 2 is 1.80 bits per heavy atom. The van der Waals surface area contributed by atoms with E-state index in [1.54, 1.807) is 36.3 Å². The Labute approximate surface area is 214 Å². The molecular formula is C24H23BrClF3N4O2. The maximum atomic E-state index is 13.5. The summed E-state index contributed by atoms with van der Waals surface area (Å²) < 4.78 is 47.7. The molecule has 1 aliphatic rings. The van der Waals surface area contributed by atoms with E-state index in [9.17, 15) is 18.0 Å². The molecule has 0 bridgehead atoms. The van der Waals surface area contributed by atoms with E-state index < -0.39 is 16.9 Å². The van der Waals surface area contributed by atoms with Gasteiger partial charge >= 0.3 is 6.18 Å². The van der Waals surface area contributed by atoms with Gasteiger partial charge in [0.1, 0.15) is 12.3 Å². The smallest absolute Gasteiger partial charge is 0.436 e. The van der Waals surface area contributed by atoms with Gasteiger partial charge in [0, 0.05) is 44.4 Å². The van der Waals surface area contributed by atoms with Crippen LogP contribution in [0.2, 0.25) is 5.02 Å². The summed E-state index contributed by atoms with van der Waals surface area (Å²) in [6.45, 7) is 1.73. The Kier molecular flexibility index (Phi) is 7.61. The number of nitrogens with zero attached hydrogens (tertiary/aromatic N) is 4. The van der Waals surface area contributed by atoms with E-state index in [4.69, 9.17) is 16.3 Å². The van der Waals surface area contributed by atoms with Gasteiger partial charge in [-0.05, 0) is 33.6 Å². The van der Waals surface area contributed by atoms with E-state index in [-0.39, 0.29) is 24.6 Å². The summed E-state index contributed by atoms with van der Waals surface area (Å²) in [5, 5.41) is 3.22. The minimum Gasteiger partial charge on any atom is -0.495 e. The number of piperazine rings is 1. The normalized spacial score (nSPS) is 14.3. The Bertz CT molecular complexity index is 1200. The number of ether oxygens (including phenoxy) is 1. The molecule has 2 aromatic carbocycles. The molecule has 0 spiro atoms. The number of methoxy groups -OCH3 is 1. The predicted molar refractivity (Wildman–Crippen MR) is 131 cm³/mol. The number of amides is 1. The SMILES string of the molecule is COc1cc(N2CCN(C(=O)Cn3nc(C(F)(F)F)c(Cl)c3Cc3ccccc3)CC2)ccc1Br. The summed E-state index contributed by atoms with van der Waals surface area (Å²) >= 11 is 9.54. The Balaban J connectivity index is 1.48. The van der Waals surface area contributed by atoms with E-state index in [1.165, 1.54) is 0 Å². The molecule has 1 amide bonds. The van der Waals surface area contributed by atoms with Crippen molar-refractivity contribution in [2.75, 3.05) is 38.2 Å². The topological polar surface area (TPSA) is 50.6 Å². The van der Waals surface area contributed by atoms with Gasteiger partial charge in [-0.1, -0.05) is 41.9 Å². The summed E-state index contributed by atoms with van der Waals surface area (Å²) in [5.41, 5.74) is 0.734. The standard InChI is InChI=1S/C24H23BrClF3N4O2/c1-35-20-14-17(7-8-18(20)25)31-9-11-32(12-10-31)21(34)15-33-19(13-16-5-3-2-4-6-16)22(26)23(30-33)24(27,28)29/h2-8,14H,9-13,15H2,1H3. The zero-order chi connectivity index (χ0) is 25.2.